The highest BCUT2D eigenvalue weighted by molar-refractivity contribution is 5.76. The summed E-state index contributed by atoms with van der Waals surface area (Å²) < 4.78 is 52.0. The third-order valence-electron chi connectivity index (χ3n) is 2.94. The molecule has 1 aromatic carbocycles. The predicted molar refractivity (Wildman–Crippen MR) is 66.2 cm³/mol. The lowest BCUT2D eigenvalue weighted by molar-refractivity contribution is -0.141. The van der Waals surface area contributed by atoms with Gasteiger partial charge in [0, 0.05) is 17.8 Å². The Balaban J connectivity index is 2.28. The summed E-state index contributed by atoms with van der Waals surface area (Å²) in [5.41, 5.74) is -1.59. The van der Waals surface area contributed by atoms with Crippen molar-refractivity contribution in [3.05, 3.63) is 58.4 Å². The molecule has 3 aromatic rings. The summed E-state index contributed by atoms with van der Waals surface area (Å²) in [6.45, 7) is 0. The quantitative estimate of drug-likeness (QED) is 0.702. The molecular weight excluding hydrogens is 290 g/mol. The molecule has 0 bridgehead atoms. The van der Waals surface area contributed by atoms with Gasteiger partial charge in [-0.25, -0.2) is 13.9 Å². The smallest absolute Gasteiger partial charge is 0.296 e. The molecule has 0 radical (unpaired) electrons. The van der Waals surface area contributed by atoms with E-state index in [4.69, 9.17) is 0 Å². The van der Waals surface area contributed by atoms with Gasteiger partial charge in [-0.2, -0.15) is 13.2 Å². The molecule has 2 heterocycles. The number of nitrogens with zero attached hydrogens (tertiary/aromatic N) is 2. The van der Waals surface area contributed by atoms with E-state index >= 15 is 0 Å². The molecule has 4 nitrogen and oxygen atoms in total. The summed E-state index contributed by atoms with van der Waals surface area (Å²) >= 11 is 0. The van der Waals surface area contributed by atoms with Crippen LogP contribution < -0.4 is 5.56 Å². The van der Waals surface area contributed by atoms with Crippen LogP contribution in [0.3, 0.4) is 0 Å². The molecule has 8 heteroatoms. The van der Waals surface area contributed by atoms with Gasteiger partial charge in [0.05, 0.1) is 0 Å². The number of alkyl halides is 3. The van der Waals surface area contributed by atoms with Crippen LogP contribution >= 0.6 is 0 Å². The van der Waals surface area contributed by atoms with E-state index in [1.165, 1.54) is 30.5 Å². The predicted octanol–water partition coefficient (Wildman–Crippen LogP) is 2.85. The number of halogens is 4. The number of aromatic amines is 1. The van der Waals surface area contributed by atoms with Crippen molar-refractivity contribution in [2.45, 2.75) is 6.18 Å². The van der Waals surface area contributed by atoms with Crippen LogP contribution in [-0.2, 0) is 6.18 Å². The third-order valence-corrected chi connectivity index (χ3v) is 2.94. The van der Waals surface area contributed by atoms with Crippen LogP contribution in [0.15, 0.2) is 41.3 Å². The Morgan fingerprint density at radius 2 is 1.81 bits per heavy atom. The highest BCUT2D eigenvalue weighted by Gasteiger charge is 2.34. The minimum Gasteiger partial charge on any atom is -0.296 e. The van der Waals surface area contributed by atoms with Crippen LogP contribution in [0.4, 0.5) is 17.6 Å². The summed E-state index contributed by atoms with van der Waals surface area (Å²) in [4.78, 5) is 15.2. The monoisotopic (exact) mass is 297 g/mol. The van der Waals surface area contributed by atoms with Gasteiger partial charge in [-0.1, -0.05) is 12.1 Å². The lowest BCUT2D eigenvalue weighted by atomic mass is 10.1. The average Bonchev–Trinajstić information content (AvgIpc) is 2.83. The third kappa shape index (κ3) is 2.28. The zero-order chi connectivity index (χ0) is 15.2. The molecule has 2 aromatic heterocycles. The molecule has 0 aliphatic carbocycles. The van der Waals surface area contributed by atoms with Crippen LogP contribution in [0.5, 0.6) is 0 Å². The second kappa shape index (κ2) is 4.44. The van der Waals surface area contributed by atoms with E-state index in [-0.39, 0.29) is 11.2 Å². The SMILES string of the molecule is O=c1cc(C(F)(F)F)nc2c(-c3ccc(F)cc3)c[nH]n12. The summed E-state index contributed by atoms with van der Waals surface area (Å²) in [6, 6.07) is 5.54. The molecule has 0 unspecified atom stereocenters. The Morgan fingerprint density at radius 1 is 1.14 bits per heavy atom. The summed E-state index contributed by atoms with van der Waals surface area (Å²) in [5.74, 6) is -0.473. The van der Waals surface area contributed by atoms with Gasteiger partial charge in [0.1, 0.15) is 5.82 Å². The van der Waals surface area contributed by atoms with Crippen molar-refractivity contribution in [1.82, 2.24) is 14.6 Å². The average molecular weight is 297 g/mol. The van der Waals surface area contributed by atoms with Gasteiger partial charge in [-0.15, -0.1) is 0 Å². The first-order valence-electron chi connectivity index (χ1n) is 5.80. The van der Waals surface area contributed by atoms with E-state index < -0.39 is 23.2 Å². The van der Waals surface area contributed by atoms with Gasteiger partial charge in [0.2, 0.25) is 0 Å². The fraction of sp³-hybridized carbons (Fsp3) is 0.0769. The maximum Gasteiger partial charge on any atom is 0.433 e. The van der Waals surface area contributed by atoms with Gasteiger partial charge in [-0.05, 0) is 17.7 Å². The fourth-order valence-electron chi connectivity index (χ4n) is 1.97. The topological polar surface area (TPSA) is 50.2 Å². The van der Waals surface area contributed by atoms with Gasteiger partial charge in [-0.3, -0.25) is 9.89 Å². The van der Waals surface area contributed by atoms with Crippen LogP contribution in [0.2, 0.25) is 0 Å². The Kier molecular flexibility index (Phi) is 2.82. The molecule has 0 fully saturated rings. The largest absolute Gasteiger partial charge is 0.433 e. The number of hydrogen-bond donors (Lipinski definition) is 1. The van der Waals surface area contributed by atoms with Crippen molar-refractivity contribution < 1.29 is 17.6 Å². The Bertz CT molecular complexity index is 862. The van der Waals surface area contributed by atoms with E-state index in [9.17, 15) is 22.4 Å². The van der Waals surface area contributed by atoms with Crippen LogP contribution in [0.25, 0.3) is 16.8 Å². The van der Waals surface area contributed by atoms with Crippen LogP contribution in [0, 0.1) is 5.82 Å². The number of fused-ring (bicyclic) bond motifs is 1. The molecule has 0 saturated heterocycles. The number of nitrogens with one attached hydrogen (secondary N) is 1. The minimum absolute atomic E-state index is 0.165. The van der Waals surface area contributed by atoms with E-state index in [0.717, 1.165) is 4.52 Å². The highest BCUT2D eigenvalue weighted by atomic mass is 19.4. The normalized spacial score (nSPS) is 12.0. The first-order valence-corrected chi connectivity index (χ1v) is 5.80. The number of benzene rings is 1. The van der Waals surface area contributed by atoms with Gasteiger partial charge in [0.15, 0.2) is 11.3 Å². The molecule has 3 rings (SSSR count). The lowest BCUT2D eigenvalue weighted by Gasteiger charge is -2.06. The molecule has 21 heavy (non-hydrogen) atoms. The van der Waals surface area contributed by atoms with Crippen molar-refractivity contribution in [1.29, 1.82) is 0 Å². The molecule has 0 aliphatic heterocycles. The summed E-state index contributed by atoms with van der Waals surface area (Å²) in [6.07, 6.45) is -3.37. The molecule has 108 valence electrons. The van der Waals surface area contributed by atoms with Gasteiger partial charge in [0.25, 0.3) is 5.56 Å². The van der Waals surface area contributed by atoms with Crippen molar-refractivity contribution in [2.24, 2.45) is 0 Å². The Morgan fingerprint density at radius 3 is 2.43 bits per heavy atom. The van der Waals surface area contributed by atoms with E-state index in [0.29, 0.717) is 11.6 Å². The fourth-order valence-corrected chi connectivity index (χ4v) is 1.97. The summed E-state index contributed by atoms with van der Waals surface area (Å²) in [5, 5.41) is 2.53. The summed E-state index contributed by atoms with van der Waals surface area (Å²) in [7, 11) is 0. The number of hydrogen-bond acceptors (Lipinski definition) is 2. The molecule has 0 atom stereocenters. The molecule has 0 aliphatic rings. The number of rotatable bonds is 1. The minimum atomic E-state index is -4.72. The second-order valence-corrected chi connectivity index (χ2v) is 4.33. The van der Waals surface area contributed by atoms with Crippen LogP contribution in [-0.4, -0.2) is 14.6 Å². The maximum atomic E-state index is 12.9. The van der Waals surface area contributed by atoms with E-state index in [1.807, 2.05) is 0 Å². The maximum absolute atomic E-state index is 12.9. The zero-order valence-electron chi connectivity index (χ0n) is 10.3. The molecule has 0 saturated carbocycles. The molecule has 0 spiro atoms. The van der Waals surface area contributed by atoms with Gasteiger partial charge >= 0.3 is 6.18 Å². The standard InChI is InChI=1S/C13H7F4N3O/c14-8-3-1-7(2-4-8)9-6-18-20-11(21)5-10(13(15,16)17)19-12(9)20/h1-6,18H. The molecule has 0 amide bonds. The van der Waals surface area contributed by atoms with Crippen molar-refractivity contribution >= 4 is 5.65 Å². The zero-order valence-corrected chi connectivity index (χ0v) is 10.3. The lowest BCUT2D eigenvalue weighted by Crippen LogP contribution is -2.19. The molecular formula is C13H7F4N3O. The number of aromatic nitrogens is 3. The first-order chi connectivity index (χ1) is 9.86. The molecule has 1 N–H and O–H groups in total. The Hall–Kier alpha value is -2.64. The second-order valence-electron chi connectivity index (χ2n) is 4.33. The van der Waals surface area contributed by atoms with Crippen molar-refractivity contribution in [3.8, 4) is 11.1 Å². The first kappa shape index (κ1) is 13.3. The van der Waals surface area contributed by atoms with Gasteiger partial charge < -0.3 is 0 Å². The highest BCUT2D eigenvalue weighted by Crippen LogP contribution is 2.29. The van der Waals surface area contributed by atoms with Crippen LogP contribution in [0.1, 0.15) is 5.69 Å². The van der Waals surface area contributed by atoms with Crippen molar-refractivity contribution in [2.75, 3.05) is 0 Å². The van der Waals surface area contributed by atoms with E-state index in [2.05, 4.69) is 10.1 Å². The van der Waals surface area contributed by atoms with Crippen molar-refractivity contribution in [3.63, 3.8) is 0 Å². The van der Waals surface area contributed by atoms with E-state index in [1.54, 1.807) is 0 Å². The Labute approximate surface area is 114 Å². The number of H-pyrrole nitrogens is 1.